The molecule has 16 heavy (non-hydrogen) atoms. The Morgan fingerprint density at radius 3 is 1.69 bits per heavy atom. The van der Waals surface area contributed by atoms with Crippen molar-refractivity contribution in [1.29, 1.82) is 0 Å². The molecule has 0 aromatic heterocycles. The molecule has 0 aliphatic rings. The molecule has 0 nitrogen and oxygen atoms in total. The van der Waals surface area contributed by atoms with Gasteiger partial charge in [-0.25, -0.2) is 0 Å². The molecule has 0 heteroatoms. The zero-order valence-electron chi connectivity index (χ0n) is 12.0. The summed E-state index contributed by atoms with van der Waals surface area (Å²) >= 11 is 0. The number of rotatable bonds is 11. The van der Waals surface area contributed by atoms with Gasteiger partial charge in [0.2, 0.25) is 0 Å². The molecule has 1 radical (unpaired) electrons. The van der Waals surface area contributed by atoms with Crippen molar-refractivity contribution < 1.29 is 0 Å². The van der Waals surface area contributed by atoms with Crippen LogP contribution in [0, 0.1) is 12.3 Å². The fraction of sp³-hybridized carbons (Fsp3) is 0.938. The minimum atomic E-state index is 0.559. The Hall–Kier alpha value is 0. The summed E-state index contributed by atoms with van der Waals surface area (Å²) in [6.45, 7) is 11.1. The van der Waals surface area contributed by atoms with Gasteiger partial charge in [0.25, 0.3) is 0 Å². The van der Waals surface area contributed by atoms with E-state index in [-0.39, 0.29) is 0 Å². The van der Waals surface area contributed by atoms with E-state index in [0.29, 0.717) is 5.41 Å². The lowest BCUT2D eigenvalue weighted by molar-refractivity contribution is 0.231. The van der Waals surface area contributed by atoms with Crippen LogP contribution >= 0.6 is 0 Å². The molecular formula is C16H33. The second-order valence-electron chi connectivity index (χ2n) is 5.33. The summed E-state index contributed by atoms with van der Waals surface area (Å²) in [6, 6.07) is 0. The summed E-state index contributed by atoms with van der Waals surface area (Å²) in [5.41, 5.74) is 0.559. The molecule has 0 atom stereocenters. The molecule has 0 heterocycles. The molecule has 0 saturated heterocycles. The monoisotopic (exact) mass is 225 g/mol. The van der Waals surface area contributed by atoms with E-state index >= 15 is 0 Å². The van der Waals surface area contributed by atoms with Crippen molar-refractivity contribution in [2.24, 2.45) is 5.41 Å². The summed E-state index contributed by atoms with van der Waals surface area (Å²) < 4.78 is 0. The summed E-state index contributed by atoms with van der Waals surface area (Å²) in [4.78, 5) is 0. The molecule has 0 aromatic rings. The second-order valence-corrected chi connectivity index (χ2v) is 5.33. The minimum Gasteiger partial charge on any atom is -0.0654 e. The second kappa shape index (κ2) is 10.2. The Balaban J connectivity index is 3.48. The Kier molecular flexibility index (Phi) is 10.2. The SMILES string of the molecule is [CH2]CC(CC)(CC)CCCCCCCCC. The molecular weight excluding hydrogens is 192 g/mol. The van der Waals surface area contributed by atoms with E-state index in [2.05, 4.69) is 27.7 Å². The van der Waals surface area contributed by atoms with E-state index in [1.54, 1.807) is 0 Å². The molecule has 0 spiro atoms. The van der Waals surface area contributed by atoms with Crippen molar-refractivity contribution in [2.75, 3.05) is 0 Å². The molecule has 0 unspecified atom stereocenters. The first kappa shape index (κ1) is 16.0. The van der Waals surface area contributed by atoms with Crippen LogP contribution in [0.5, 0.6) is 0 Å². The summed E-state index contributed by atoms with van der Waals surface area (Å²) in [5, 5.41) is 0. The van der Waals surface area contributed by atoms with Crippen molar-refractivity contribution >= 4 is 0 Å². The first-order valence-electron chi connectivity index (χ1n) is 7.54. The highest BCUT2D eigenvalue weighted by atomic mass is 14.3. The molecule has 0 saturated carbocycles. The molecule has 0 N–H and O–H groups in total. The van der Waals surface area contributed by atoms with Crippen LogP contribution in [-0.4, -0.2) is 0 Å². The van der Waals surface area contributed by atoms with Gasteiger partial charge in [-0.1, -0.05) is 85.5 Å². The molecule has 0 fully saturated rings. The summed E-state index contributed by atoms with van der Waals surface area (Å²) in [5.74, 6) is 0. The van der Waals surface area contributed by atoms with E-state index in [4.69, 9.17) is 0 Å². The Labute approximate surface area is 104 Å². The first-order chi connectivity index (χ1) is 7.74. The van der Waals surface area contributed by atoms with Crippen molar-refractivity contribution in [3.63, 3.8) is 0 Å². The summed E-state index contributed by atoms with van der Waals surface area (Å²) in [7, 11) is 0. The van der Waals surface area contributed by atoms with Crippen LogP contribution in [0.2, 0.25) is 0 Å². The van der Waals surface area contributed by atoms with Gasteiger partial charge in [-0.2, -0.15) is 0 Å². The predicted molar refractivity (Wildman–Crippen MR) is 75.6 cm³/mol. The van der Waals surface area contributed by atoms with Gasteiger partial charge in [0, 0.05) is 0 Å². The highest BCUT2D eigenvalue weighted by molar-refractivity contribution is 4.77. The maximum absolute atomic E-state index is 4.14. The average molecular weight is 225 g/mol. The lowest BCUT2D eigenvalue weighted by atomic mass is 9.75. The van der Waals surface area contributed by atoms with Crippen LogP contribution in [0.15, 0.2) is 0 Å². The van der Waals surface area contributed by atoms with Gasteiger partial charge in [-0.3, -0.25) is 0 Å². The third-order valence-electron chi connectivity index (χ3n) is 4.34. The van der Waals surface area contributed by atoms with E-state index in [1.807, 2.05) is 0 Å². The molecule has 0 aliphatic heterocycles. The van der Waals surface area contributed by atoms with Crippen molar-refractivity contribution in [1.82, 2.24) is 0 Å². The highest BCUT2D eigenvalue weighted by Crippen LogP contribution is 2.35. The van der Waals surface area contributed by atoms with Gasteiger partial charge in [0.15, 0.2) is 0 Å². The normalized spacial score (nSPS) is 12.0. The van der Waals surface area contributed by atoms with Crippen molar-refractivity contribution in [3.05, 3.63) is 6.92 Å². The standard InChI is InChI=1S/C16H33/c1-5-9-10-11-12-13-14-15-16(6-2,7-3)8-4/h2,5-15H2,1,3-4H3. The van der Waals surface area contributed by atoms with Crippen LogP contribution in [0.1, 0.15) is 91.4 Å². The predicted octanol–water partition coefficient (Wildman–Crippen LogP) is 6.16. The molecule has 0 aromatic carbocycles. The van der Waals surface area contributed by atoms with Crippen molar-refractivity contribution in [3.8, 4) is 0 Å². The third kappa shape index (κ3) is 6.55. The maximum Gasteiger partial charge on any atom is -0.0303 e. The average Bonchev–Trinajstić information content (AvgIpc) is 2.34. The lowest BCUT2D eigenvalue weighted by Gasteiger charge is -2.30. The molecule has 0 bridgehead atoms. The molecule has 0 amide bonds. The fourth-order valence-corrected chi connectivity index (χ4v) is 2.54. The van der Waals surface area contributed by atoms with Gasteiger partial charge in [0.05, 0.1) is 0 Å². The molecule has 97 valence electrons. The molecule has 0 rings (SSSR count). The maximum atomic E-state index is 4.14. The minimum absolute atomic E-state index is 0.559. The topological polar surface area (TPSA) is 0 Å². The zero-order chi connectivity index (χ0) is 12.3. The van der Waals surface area contributed by atoms with Crippen LogP contribution < -0.4 is 0 Å². The largest absolute Gasteiger partial charge is 0.0654 e. The van der Waals surface area contributed by atoms with Gasteiger partial charge >= 0.3 is 0 Å². The number of hydrogen-bond acceptors (Lipinski definition) is 0. The van der Waals surface area contributed by atoms with E-state index in [9.17, 15) is 0 Å². The Morgan fingerprint density at radius 2 is 1.25 bits per heavy atom. The molecule has 0 aliphatic carbocycles. The Morgan fingerprint density at radius 1 is 0.750 bits per heavy atom. The smallest absolute Gasteiger partial charge is 0.0303 e. The van der Waals surface area contributed by atoms with E-state index < -0.39 is 0 Å². The van der Waals surface area contributed by atoms with Crippen LogP contribution in [0.25, 0.3) is 0 Å². The van der Waals surface area contributed by atoms with Crippen LogP contribution in [0.4, 0.5) is 0 Å². The van der Waals surface area contributed by atoms with Crippen LogP contribution in [-0.2, 0) is 0 Å². The van der Waals surface area contributed by atoms with Gasteiger partial charge in [0.1, 0.15) is 0 Å². The summed E-state index contributed by atoms with van der Waals surface area (Å²) in [6.07, 6.45) is 15.1. The van der Waals surface area contributed by atoms with Gasteiger partial charge in [-0.05, 0) is 18.3 Å². The third-order valence-corrected chi connectivity index (χ3v) is 4.34. The zero-order valence-corrected chi connectivity index (χ0v) is 12.0. The fourth-order valence-electron chi connectivity index (χ4n) is 2.54. The number of unbranched alkanes of at least 4 members (excludes halogenated alkanes) is 6. The van der Waals surface area contributed by atoms with Gasteiger partial charge < -0.3 is 0 Å². The van der Waals surface area contributed by atoms with Crippen molar-refractivity contribution in [2.45, 2.75) is 91.4 Å². The first-order valence-corrected chi connectivity index (χ1v) is 7.54. The quantitative estimate of drug-likeness (QED) is 0.369. The highest BCUT2D eigenvalue weighted by Gasteiger charge is 2.22. The lowest BCUT2D eigenvalue weighted by Crippen LogP contribution is -2.17. The number of hydrogen-bond donors (Lipinski definition) is 0. The van der Waals surface area contributed by atoms with Gasteiger partial charge in [-0.15, -0.1) is 0 Å². The van der Waals surface area contributed by atoms with E-state index in [0.717, 1.165) is 6.42 Å². The Bertz CT molecular complexity index is 125. The van der Waals surface area contributed by atoms with Crippen LogP contribution in [0.3, 0.4) is 0 Å². The van der Waals surface area contributed by atoms with E-state index in [1.165, 1.54) is 64.2 Å².